The molecule has 1 atom stereocenters. The highest BCUT2D eigenvalue weighted by Crippen LogP contribution is 2.17. The molecule has 15 heavy (non-hydrogen) atoms. The number of aliphatic hydroxyl groups is 1. The molecule has 5 heteroatoms. The van der Waals surface area contributed by atoms with Crippen molar-refractivity contribution in [3.8, 4) is 0 Å². The van der Waals surface area contributed by atoms with Gasteiger partial charge in [0.05, 0.1) is 6.10 Å². The van der Waals surface area contributed by atoms with Crippen LogP contribution >= 0.6 is 0 Å². The number of nitrogen functional groups attached to an aromatic ring is 1. The second kappa shape index (κ2) is 5.21. The highest BCUT2D eigenvalue weighted by atomic mass is 16.4. The lowest BCUT2D eigenvalue weighted by Crippen LogP contribution is -2.23. The molecule has 1 amide bonds. The predicted octanol–water partition coefficient (Wildman–Crippen LogP) is 0.960. The van der Waals surface area contributed by atoms with Crippen LogP contribution in [0.4, 0.5) is 10.5 Å². The normalized spacial score (nSPS) is 12.1. The van der Waals surface area contributed by atoms with E-state index in [-0.39, 0.29) is 6.54 Å². The fraction of sp³-hybridized carbons (Fsp3) is 0.300. The number of nitrogens with two attached hydrogens (primary N) is 1. The molecular formula is C10H14N2O3. The number of anilines is 1. The molecular weight excluding hydrogens is 196 g/mol. The molecule has 0 spiro atoms. The largest absolute Gasteiger partial charge is 0.465 e. The molecule has 0 aliphatic carbocycles. The molecule has 0 saturated heterocycles. The molecule has 0 heterocycles. The van der Waals surface area contributed by atoms with Crippen molar-refractivity contribution in [2.24, 2.45) is 0 Å². The van der Waals surface area contributed by atoms with Crippen molar-refractivity contribution < 1.29 is 15.0 Å². The molecule has 82 valence electrons. The van der Waals surface area contributed by atoms with Crippen LogP contribution in [-0.2, 0) is 0 Å². The zero-order chi connectivity index (χ0) is 11.3. The quantitative estimate of drug-likeness (QED) is 0.556. The Morgan fingerprint density at radius 3 is 2.87 bits per heavy atom. The summed E-state index contributed by atoms with van der Waals surface area (Å²) in [6, 6.07) is 6.90. The Morgan fingerprint density at radius 1 is 1.53 bits per heavy atom. The fourth-order valence-corrected chi connectivity index (χ4v) is 1.25. The Hall–Kier alpha value is -1.75. The molecule has 1 rings (SSSR count). The Labute approximate surface area is 87.5 Å². The van der Waals surface area contributed by atoms with E-state index >= 15 is 0 Å². The minimum atomic E-state index is -1.09. The van der Waals surface area contributed by atoms with E-state index in [2.05, 4.69) is 5.32 Å². The third kappa shape index (κ3) is 3.86. The summed E-state index contributed by atoms with van der Waals surface area (Å²) in [7, 11) is 0. The zero-order valence-electron chi connectivity index (χ0n) is 8.18. The number of hydrogen-bond donors (Lipinski definition) is 4. The molecule has 5 nitrogen and oxygen atoms in total. The van der Waals surface area contributed by atoms with Crippen molar-refractivity contribution in [2.75, 3.05) is 12.3 Å². The summed E-state index contributed by atoms with van der Waals surface area (Å²) < 4.78 is 0. The summed E-state index contributed by atoms with van der Waals surface area (Å²) in [6.45, 7) is 0.214. The van der Waals surface area contributed by atoms with Crippen LogP contribution in [0.15, 0.2) is 24.3 Å². The van der Waals surface area contributed by atoms with Gasteiger partial charge in [0.15, 0.2) is 0 Å². The van der Waals surface area contributed by atoms with E-state index in [0.717, 1.165) is 0 Å². The summed E-state index contributed by atoms with van der Waals surface area (Å²) in [4.78, 5) is 10.2. The van der Waals surface area contributed by atoms with E-state index in [1.165, 1.54) is 0 Å². The minimum Gasteiger partial charge on any atom is -0.465 e. The van der Waals surface area contributed by atoms with Crippen LogP contribution in [-0.4, -0.2) is 22.9 Å². The average molecular weight is 210 g/mol. The van der Waals surface area contributed by atoms with Gasteiger partial charge in [0.2, 0.25) is 0 Å². The second-order valence-corrected chi connectivity index (χ2v) is 3.21. The highest BCUT2D eigenvalue weighted by molar-refractivity contribution is 5.64. The number of nitrogens with one attached hydrogen (secondary N) is 1. The van der Waals surface area contributed by atoms with Gasteiger partial charge in [-0.1, -0.05) is 12.1 Å². The maximum absolute atomic E-state index is 10.2. The molecule has 1 aromatic carbocycles. The zero-order valence-corrected chi connectivity index (χ0v) is 8.18. The molecule has 1 aromatic rings. The lowest BCUT2D eigenvalue weighted by Gasteiger charge is -2.11. The van der Waals surface area contributed by atoms with Crippen molar-refractivity contribution in [3.05, 3.63) is 29.8 Å². The average Bonchev–Trinajstić information content (AvgIpc) is 2.17. The van der Waals surface area contributed by atoms with Crippen molar-refractivity contribution >= 4 is 11.8 Å². The summed E-state index contributed by atoms with van der Waals surface area (Å²) in [6.07, 6.45) is -1.45. The van der Waals surface area contributed by atoms with Crippen LogP contribution in [0.2, 0.25) is 0 Å². The topological polar surface area (TPSA) is 95.6 Å². The van der Waals surface area contributed by atoms with Gasteiger partial charge in [-0.3, -0.25) is 0 Å². The van der Waals surface area contributed by atoms with Gasteiger partial charge < -0.3 is 21.3 Å². The number of carbonyl (C=O) groups is 1. The predicted molar refractivity (Wildman–Crippen MR) is 56.5 cm³/mol. The van der Waals surface area contributed by atoms with E-state index in [9.17, 15) is 9.90 Å². The van der Waals surface area contributed by atoms with E-state index in [1.54, 1.807) is 24.3 Å². The second-order valence-electron chi connectivity index (χ2n) is 3.21. The molecule has 0 radical (unpaired) electrons. The number of hydrogen-bond acceptors (Lipinski definition) is 3. The van der Waals surface area contributed by atoms with Crippen LogP contribution in [0.3, 0.4) is 0 Å². The van der Waals surface area contributed by atoms with E-state index in [1.807, 2.05) is 0 Å². The molecule has 5 N–H and O–H groups in total. The Kier molecular flexibility index (Phi) is 3.93. The van der Waals surface area contributed by atoms with E-state index in [0.29, 0.717) is 17.7 Å². The number of benzene rings is 1. The Morgan fingerprint density at radius 2 is 2.27 bits per heavy atom. The lowest BCUT2D eigenvalue weighted by atomic mass is 10.1. The number of carboxylic acid groups (broad SMARTS) is 1. The lowest BCUT2D eigenvalue weighted by molar-refractivity contribution is 0.162. The van der Waals surface area contributed by atoms with Crippen molar-refractivity contribution in [1.82, 2.24) is 5.32 Å². The van der Waals surface area contributed by atoms with Gasteiger partial charge in [0, 0.05) is 12.2 Å². The first-order valence-corrected chi connectivity index (χ1v) is 4.60. The van der Waals surface area contributed by atoms with E-state index in [4.69, 9.17) is 10.8 Å². The Bertz CT molecular complexity index is 341. The van der Waals surface area contributed by atoms with Gasteiger partial charge in [-0.05, 0) is 24.1 Å². The first-order chi connectivity index (χ1) is 7.09. The third-order valence-corrected chi connectivity index (χ3v) is 1.99. The monoisotopic (exact) mass is 210 g/mol. The molecule has 0 bridgehead atoms. The van der Waals surface area contributed by atoms with Crippen LogP contribution in [0.25, 0.3) is 0 Å². The fourth-order valence-electron chi connectivity index (χ4n) is 1.25. The molecule has 0 saturated carbocycles. The van der Waals surface area contributed by atoms with Gasteiger partial charge in [-0.2, -0.15) is 0 Å². The smallest absolute Gasteiger partial charge is 0.404 e. The highest BCUT2D eigenvalue weighted by Gasteiger charge is 2.07. The summed E-state index contributed by atoms with van der Waals surface area (Å²) in [5.41, 5.74) is 6.83. The molecule has 0 aliphatic rings. The maximum atomic E-state index is 10.2. The van der Waals surface area contributed by atoms with Crippen LogP contribution < -0.4 is 11.1 Å². The van der Waals surface area contributed by atoms with Gasteiger partial charge in [-0.15, -0.1) is 0 Å². The standard InChI is InChI=1S/C10H14N2O3/c11-8-3-1-2-7(6-8)9(13)4-5-12-10(14)15/h1-3,6,9,12-13H,4-5,11H2,(H,14,15). The molecule has 1 unspecified atom stereocenters. The minimum absolute atomic E-state index is 0.214. The van der Waals surface area contributed by atoms with Gasteiger partial charge in [-0.25, -0.2) is 4.79 Å². The number of aliphatic hydroxyl groups excluding tert-OH is 1. The SMILES string of the molecule is Nc1cccc(C(O)CCNC(=O)O)c1. The first-order valence-electron chi connectivity index (χ1n) is 4.60. The van der Waals surface area contributed by atoms with Crippen molar-refractivity contribution in [2.45, 2.75) is 12.5 Å². The van der Waals surface area contributed by atoms with Gasteiger partial charge in [0.1, 0.15) is 0 Å². The van der Waals surface area contributed by atoms with Crippen LogP contribution in [0.1, 0.15) is 18.1 Å². The Balaban J connectivity index is 2.46. The molecule has 0 aromatic heterocycles. The van der Waals surface area contributed by atoms with Gasteiger partial charge >= 0.3 is 6.09 Å². The van der Waals surface area contributed by atoms with Crippen molar-refractivity contribution in [1.29, 1.82) is 0 Å². The van der Waals surface area contributed by atoms with E-state index < -0.39 is 12.2 Å². The van der Waals surface area contributed by atoms with Crippen LogP contribution in [0.5, 0.6) is 0 Å². The maximum Gasteiger partial charge on any atom is 0.404 e. The summed E-state index contributed by atoms with van der Waals surface area (Å²) in [5, 5.41) is 20.2. The summed E-state index contributed by atoms with van der Waals surface area (Å²) >= 11 is 0. The van der Waals surface area contributed by atoms with Crippen LogP contribution in [0, 0.1) is 0 Å². The molecule has 0 fully saturated rings. The number of rotatable bonds is 4. The van der Waals surface area contributed by atoms with Crippen molar-refractivity contribution in [3.63, 3.8) is 0 Å². The first kappa shape index (κ1) is 11.3. The summed E-state index contributed by atoms with van der Waals surface area (Å²) in [5.74, 6) is 0. The number of amides is 1. The molecule has 0 aliphatic heterocycles. The third-order valence-electron chi connectivity index (χ3n) is 1.99. The van der Waals surface area contributed by atoms with Gasteiger partial charge in [0.25, 0.3) is 0 Å².